The largest absolute Gasteiger partial charge is 0.396 e. The molecule has 1 heterocycles. The van der Waals surface area contributed by atoms with Crippen LogP contribution in [-0.2, 0) is 6.42 Å². The lowest BCUT2D eigenvalue weighted by molar-refractivity contribution is 0.297. The molecule has 0 amide bonds. The number of imidazole rings is 1. The summed E-state index contributed by atoms with van der Waals surface area (Å²) in [4.78, 5) is 7.43. The maximum Gasteiger partial charge on any atom is 0.108 e. The Bertz CT molecular complexity index is 494. The number of H-pyrrole nitrogens is 1. The number of aryl methyl sites for hydroxylation is 1. The van der Waals surface area contributed by atoms with Gasteiger partial charge in [-0.1, -0.05) is 22.0 Å². The molecule has 0 aliphatic carbocycles. The lowest BCUT2D eigenvalue weighted by Gasteiger charge is -2.03. The van der Waals surface area contributed by atoms with Crippen molar-refractivity contribution in [2.45, 2.75) is 13.3 Å². The van der Waals surface area contributed by atoms with Crippen molar-refractivity contribution in [1.29, 1.82) is 0 Å². The topological polar surface area (TPSA) is 48.9 Å². The van der Waals surface area contributed by atoms with Gasteiger partial charge >= 0.3 is 0 Å². The van der Waals surface area contributed by atoms with Crippen LogP contribution in [0.1, 0.15) is 11.4 Å². The average Bonchev–Trinajstić information content (AvgIpc) is 2.71. The van der Waals surface area contributed by atoms with Gasteiger partial charge in [-0.05, 0) is 24.6 Å². The predicted octanol–water partition coefficient (Wildman–Crippen LogP) is 2.68. The van der Waals surface area contributed by atoms with Crippen molar-refractivity contribution in [2.24, 2.45) is 0 Å². The maximum atomic E-state index is 8.83. The molecule has 0 saturated heterocycles. The third-order valence-corrected chi connectivity index (χ3v) is 2.96. The number of aliphatic hydroxyl groups is 1. The van der Waals surface area contributed by atoms with E-state index in [-0.39, 0.29) is 6.61 Å². The van der Waals surface area contributed by atoms with Crippen LogP contribution in [0.4, 0.5) is 0 Å². The summed E-state index contributed by atoms with van der Waals surface area (Å²) in [5.74, 6) is 0.817. The minimum Gasteiger partial charge on any atom is -0.396 e. The van der Waals surface area contributed by atoms with Crippen LogP contribution >= 0.6 is 15.9 Å². The van der Waals surface area contributed by atoms with Crippen molar-refractivity contribution in [1.82, 2.24) is 9.97 Å². The highest BCUT2D eigenvalue weighted by molar-refractivity contribution is 9.10. The molecule has 16 heavy (non-hydrogen) atoms. The van der Waals surface area contributed by atoms with E-state index in [2.05, 4.69) is 45.0 Å². The molecule has 2 N–H and O–H groups in total. The number of nitrogens with zero attached hydrogens (tertiary/aromatic N) is 1. The van der Waals surface area contributed by atoms with Crippen LogP contribution < -0.4 is 0 Å². The first kappa shape index (κ1) is 11.4. The summed E-state index contributed by atoms with van der Waals surface area (Å²) in [6.07, 6.45) is 2.37. The Morgan fingerprint density at radius 3 is 3.00 bits per heavy atom. The van der Waals surface area contributed by atoms with Crippen LogP contribution in [0, 0.1) is 6.92 Å². The Morgan fingerprint density at radius 2 is 2.25 bits per heavy atom. The van der Waals surface area contributed by atoms with E-state index in [1.807, 2.05) is 6.07 Å². The molecule has 2 aromatic rings. The number of aromatic nitrogens is 2. The Morgan fingerprint density at radius 1 is 1.44 bits per heavy atom. The molecular weight excluding hydrogens is 268 g/mol. The Balaban J connectivity index is 2.38. The van der Waals surface area contributed by atoms with Gasteiger partial charge in [0.15, 0.2) is 0 Å². The minimum absolute atomic E-state index is 0.115. The van der Waals surface area contributed by atoms with Crippen LogP contribution in [0.2, 0.25) is 0 Å². The van der Waals surface area contributed by atoms with Crippen molar-refractivity contribution in [3.05, 3.63) is 40.3 Å². The van der Waals surface area contributed by atoms with E-state index < -0.39 is 0 Å². The first-order valence-corrected chi connectivity index (χ1v) is 5.91. The molecule has 4 heteroatoms. The molecule has 0 unspecified atom stereocenters. The number of rotatable bonds is 3. The molecule has 0 aliphatic rings. The van der Waals surface area contributed by atoms with Crippen LogP contribution in [-0.4, -0.2) is 21.7 Å². The molecule has 2 rings (SSSR count). The van der Waals surface area contributed by atoms with Crippen molar-refractivity contribution in [2.75, 3.05) is 6.61 Å². The number of benzene rings is 1. The first-order valence-electron chi connectivity index (χ1n) is 5.12. The van der Waals surface area contributed by atoms with Gasteiger partial charge < -0.3 is 10.1 Å². The molecule has 0 aliphatic heterocycles. The second-order valence-corrected chi connectivity index (χ2v) is 4.59. The molecule has 1 aromatic carbocycles. The van der Waals surface area contributed by atoms with E-state index in [0.717, 1.165) is 21.6 Å². The van der Waals surface area contributed by atoms with Gasteiger partial charge in [-0.3, -0.25) is 0 Å². The summed E-state index contributed by atoms with van der Waals surface area (Å²) in [6.45, 7) is 2.18. The van der Waals surface area contributed by atoms with Gasteiger partial charge in [0.25, 0.3) is 0 Å². The van der Waals surface area contributed by atoms with Gasteiger partial charge in [-0.15, -0.1) is 0 Å². The zero-order chi connectivity index (χ0) is 11.5. The molecule has 1 aromatic heterocycles. The lowest BCUT2D eigenvalue weighted by atomic mass is 10.1. The van der Waals surface area contributed by atoms with Crippen molar-refractivity contribution >= 4 is 15.9 Å². The number of hydrogen-bond donors (Lipinski definition) is 2. The molecule has 3 nitrogen and oxygen atoms in total. The van der Waals surface area contributed by atoms with Crippen LogP contribution in [0.3, 0.4) is 0 Å². The molecule has 0 saturated carbocycles. The SMILES string of the molecule is Cc1ccc(Br)cc1-c1cnc(CCO)[nH]1. The van der Waals surface area contributed by atoms with Gasteiger partial charge in [0.2, 0.25) is 0 Å². The van der Waals surface area contributed by atoms with E-state index in [1.165, 1.54) is 5.56 Å². The van der Waals surface area contributed by atoms with E-state index in [0.29, 0.717) is 6.42 Å². The average molecular weight is 281 g/mol. The first-order chi connectivity index (χ1) is 7.70. The van der Waals surface area contributed by atoms with Crippen LogP contribution in [0.5, 0.6) is 0 Å². The molecule has 84 valence electrons. The third-order valence-electron chi connectivity index (χ3n) is 2.47. The Kier molecular flexibility index (Phi) is 3.41. The summed E-state index contributed by atoms with van der Waals surface area (Å²) in [5.41, 5.74) is 3.32. The quantitative estimate of drug-likeness (QED) is 0.908. The van der Waals surface area contributed by atoms with Crippen molar-refractivity contribution in [3.63, 3.8) is 0 Å². The van der Waals surface area contributed by atoms with E-state index in [9.17, 15) is 0 Å². The second-order valence-electron chi connectivity index (χ2n) is 3.68. The van der Waals surface area contributed by atoms with Crippen LogP contribution in [0.15, 0.2) is 28.9 Å². The normalized spacial score (nSPS) is 10.7. The van der Waals surface area contributed by atoms with Gasteiger partial charge in [0.05, 0.1) is 18.5 Å². The van der Waals surface area contributed by atoms with Gasteiger partial charge in [-0.2, -0.15) is 0 Å². The maximum absolute atomic E-state index is 8.83. The summed E-state index contributed by atoms with van der Waals surface area (Å²) in [5, 5.41) is 8.83. The molecule has 0 bridgehead atoms. The third kappa shape index (κ3) is 2.33. The predicted molar refractivity (Wildman–Crippen MR) is 67.3 cm³/mol. The monoisotopic (exact) mass is 280 g/mol. The van der Waals surface area contributed by atoms with E-state index in [1.54, 1.807) is 6.20 Å². The fraction of sp³-hybridized carbons (Fsp3) is 0.250. The summed E-state index contributed by atoms with van der Waals surface area (Å²) >= 11 is 3.46. The Hall–Kier alpha value is -1.13. The molecule has 0 fully saturated rings. The molecular formula is C12H13BrN2O. The van der Waals surface area contributed by atoms with Crippen molar-refractivity contribution < 1.29 is 5.11 Å². The van der Waals surface area contributed by atoms with Gasteiger partial charge in [-0.25, -0.2) is 4.98 Å². The fourth-order valence-electron chi connectivity index (χ4n) is 1.62. The highest BCUT2D eigenvalue weighted by Crippen LogP contribution is 2.25. The zero-order valence-electron chi connectivity index (χ0n) is 9.00. The molecule has 0 spiro atoms. The minimum atomic E-state index is 0.115. The zero-order valence-corrected chi connectivity index (χ0v) is 10.6. The fourth-order valence-corrected chi connectivity index (χ4v) is 1.98. The van der Waals surface area contributed by atoms with Gasteiger partial charge in [0.1, 0.15) is 5.82 Å². The van der Waals surface area contributed by atoms with E-state index >= 15 is 0 Å². The van der Waals surface area contributed by atoms with Crippen molar-refractivity contribution in [3.8, 4) is 11.3 Å². The second kappa shape index (κ2) is 4.80. The lowest BCUT2D eigenvalue weighted by Crippen LogP contribution is -1.92. The molecule has 0 radical (unpaired) electrons. The standard InChI is InChI=1S/C12H13BrN2O/c1-8-2-3-9(13)6-10(8)11-7-14-12(15-11)4-5-16/h2-3,6-7,16H,4-5H2,1H3,(H,14,15). The summed E-state index contributed by atoms with van der Waals surface area (Å²) < 4.78 is 1.05. The highest BCUT2D eigenvalue weighted by Gasteiger charge is 2.06. The van der Waals surface area contributed by atoms with E-state index in [4.69, 9.17) is 5.11 Å². The smallest absolute Gasteiger partial charge is 0.108 e. The molecule has 0 atom stereocenters. The number of aromatic amines is 1. The number of halogens is 1. The Labute approximate surface area is 103 Å². The summed E-state index contributed by atoms with van der Waals surface area (Å²) in [7, 11) is 0. The summed E-state index contributed by atoms with van der Waals surface area (Å²) in [6, 6.07) is 6.14. The van der Waals surface area contributed by atoms with Crippen LogP contribution in [0.25, 0.3) is 11.3 Å². The number of aliphatic hydroxyl groups excluding tert-OH is 1. The number of hydrogen-bond acceptors (Lipinski definition) is 2. The van der Waals surface area contributed by atoms with Gasteiger partial charge in [0, 0.05) is 16.5 Å². The number of nitrogens with one attached hydrogen (secondary N) is 1. The highest BCUT2D eigenvalue weighted by atomic mass is 79.9.